The number of rotatable bonds is 16. The minimum Gasteiger partial charge on any atom is -0.497 e. The van der Waals surface area contributed by atoms with Gasteiger partial charge in [-0.25, -0.2) is 0 Å². The van der Waals surface area contributed by atoms with Gasteiger partial charge in [0.25, 0.3) is 0 Å². The Morgan fingerprint density at radius 3 is 2.19 bits per heavy atom. The first kappa shape index (κ1) is 25.7. The molecule has 1 fully saturated rings. The summed E-state index contributed by atoms with van der Waals surface area (Å²) in [5.41, 5.74) is 1.07. The fourth-order valence-corrected chi connectivity index (χ4v) is 4.03. The van der Waals surface area contributed by atoms with Crippen LogP contribution in [0.2, 0.25) is 0 Å². The van der Waals surface area contributed by atoms with E-state index >= 15 is 0 Å². The molecule has 174 valence electrons. The Balaban J connectivity index is 1.88. The Hall–Kier alpha value is -1.58. The van der Waals surface area contributed by atoms with E-state index in [9.17, 15) is 0 Å². The maximum atomic E-state index is 6.30. The van der Waals surface area contributed by atoms with E-state index in [0.717, 1.165) is 24.2 Å². The molecule has 0 radical (unpaired) electrons. The van der Waals surface area contributed by atoms with Gasteiger partial charge in [-0.15, -0.1) is 6.42 Å². The quantitative estimate of drug-likeness (QED) is 0.255. The van der Waals surface area contributed by atoms with Gasteiger partial charge >= 0.3 is 0 Å². The molecule has 0 N–H and O–H groups in total. The van der Waals surface area contributed by atoms with Gasteiger partial charge in [0, 0.05) is 7.11 Å². The third-order valence-corrected chi connectivity index (χ3v) is 5.80. The molecule has 31 heavy (non-hydrogen) atoms. The second-order valence-corrected chi connectivity index (χ2v) is 8.15. The molecule has 0 aliphatic carbocycles. The summed E-state index contributed by atoms with van der Waals surface area (Å²) in [6.07, 6.45) is 15.5. The van der Waals surface area contributed by atoms with E-state index in [4.69, 9.17) is 30.1 Å². The molecule has 4 atom stereocenters. The lowest BCUT2D eigenvalue weighted by Gasteiger charge is -2.24. The van der Waals surface area contributed by atoms with Crippen LogP contribution in [0.4, 0.5) is 0 Å². The maximum absolute atomic E-state index is 6.30. The van der Waals surface area contributed by atoms with Crippen LogP contribution in [0.25, 0.3) is 0 Å². The fourth-order valence-electron chi connectivity index (χ4n) is 4.03. The van der Waals surface area contributed by atoms with Gasteiger partial charge in [0.2, 0.25) is 0 Å². The second-order valence-electron chi connectivity index (χ2n) is 8.15. The van der Waals surface area contributed by atoms with Crippen LogP contribution in [0, 0.1) is 12.3 Å². The van der Waals surface area contributed by atoms with Crippen molar-refractivity contribution >= 4 is 0 Å². The average Bonchev–Trinajstić information content (AvgIpc) is 3.14. The highest BCUT2D eigenvalue weighted by Gasteiger charge is 2.46. The number of unbranched alkanes of at least 4 members (excludes halogenated alkanes) is 7. The molecule has 1 saturated heterocycles. The molecule has 1 heterocycles. The zero-order valence-electron chi connectivity index (χ0n) is 19.5. The van der Waals surface area contributed by atoms with Crippen LogP contribution in [0.1, 0.15) is 70.3 Å². The van der Waals surface area contributed by atoms with Crippen LogP contribution in [0.15, 0.2) is 24.3 Å². The Kier molecular flexibility index (Phi) is 12.6. The normalized spacial score (nSPS) is 23.0. The first-order chi connectivity index (χ1) is 15.2. The minimum absolute atomic E-state index is 0.0638. The van der Waals surface area contributed by atoms with Crippen molar-refractivity contribution in [2.24, 2.45) is 0 Å². The van der Waals surface area contributed by atoms with Crippen LogP contribution < -0.4 is 4.74 Å². The molecule has 1 aliphatic rings. The summed E-state index contributed by atoms with van der Waals surface area (Å²) in [4.78, 5) is 0. The molecule has 2 rings (SSSR count). The lowest BCUT2D eigenvalue weighted by Crippen LogP contribution is -2.38. The van der Waals surface area contributed by atoms with Crippen LogP contribution in [0.5, 0.6) is 5.75 Å². The summed E-state index contributed by atoms with van der Waals surface area (Å²) in [5.74, 6) is 3.37. The Morgan fingerprint density at radius 2 is 1.58 bits per heavy atom. The molecule has 1 aromatic carbocycles. The number of methoxy groups -OCH3 is 2. The van der Waals surface area contributed by atoms with Gasteiger partial charge < -0.3 is 23.7 Å². The molecule has 5 nitrogen and oxygen atoms in total. The summed E-state index contributed by atoms with van der Waals surface area (Å²) >= 11 is 0. The highest BCUT2D eigenvalue weighted by atomic mass is 16.7. The van der Waals surface area contributed by atoms with Crippen molar-refractivity contribution in [3.63, 3.8) is 0 Å². The predicted molar refractivity (Wildman–Crippen MR) is 123 cm³/mol. The summed E-state index contributed by atoms with van der Waals surface area (Å²) in [6, 6.07) is 7.89. The molecule has 1 aromatic rings. The first-order valence-electron chi connectivity index (χ1n) is 11.7. The summed E-state index contributed by atoms with van der Waals surface area (Å²) in [6.45, 7) is 2.93. The largest absolute Gasteiger partial charge is 0.497 e. The van der Waals surface area contributed by atoms with Gasteiger partial charge in [-0.3, -0.25) is 0 Å². The second kappa shape index (κ2) is 15.3. The van der Waals surface area contributed by atoms with Crippen LogP contribution in [-0.2, 0) is 25.6 Å². The molecular weight excluding hydrogens is 392 g/mol. The molecule has 0 aromatic heterocycles. The van der Waals surface area contributed by atoms with Crippen molar-refractivity contribution in [2.45, 2.75) is 95.9 Å². The number of benzene rings is 1. The third-order valence-electron chi connectivity index (χ3n) is 5.80. The maximum Gasteiger partial charge on any atom is 0.186 e. The molecule has 0 spiro atoms. The highest BCUT2D eigenvalue weighted by Crippen LogP contribution is 2.31. The first-order valence-corrected chi connectivity index (χ1v) is 11.7. The van der Waals surface area contributed by atoms with Crippen molar-refractivity contribution in [2.75, 3.05) is 20.8 Å². The van der Waals surface area contributed by atoms with Crippen LogP contribution in [-0.4, -0.2) is 45.4 Å². The van der Waals surface area contributed by atoms with E-state index in [1.165, 1.54) is 44.9 Å². The van der Waals surface area contributed by atoms with Gasteiger partial charge in [-0.1, -0.05) is 76.3 Å². The lowest BCUT2D eigenvalue weighted by molar-refractivity contribution is -0.160. The zero-order chi connectivity index (χ0) is 22.3. The van der Waals surface area contributed by atoms with E-state index in [1.54, 1.807) is 14.2 Å². The molecule has 5 heteroatoms. The van der Waals surface area contributed by atoms with E-state index in [2.05, 4.69) is 12.8 Å². The van der Waals surface area contributed by atoms with E-state index in [0.29, 0.717) is 6.61 Å². The molecular formula is C26H40O5. The Bertz CT molecular complexity index is 624. The predicted octanol–water partition coefficient (Wildman–Crippen LogP) is 5.50. The van der Waals surface area contributed by atoms with Gasteiger partial charge in [-0.05, 0) is 24.1 Å². The van der Waals surface area contributed by atoms with Gasteiger partial charge in [0.15, 0.2) is 6.29 Å². The highest BCUT2D eigenvalue weighted by molar-refractivity contribution is 5.26. The number of ether oxygens (including phenoxy) is 5. The number of terminal acetylenes is 1. The van der Waals surface area contributed by atoms with Crippen molar-refractivity contribution in [1.29, 1.82) is 0 Å². The van der Waals surface area contributed by atoms with Crippen molar-refractivity contribution in [1.82, 2.24) is 0 Å². The smallest absolute Gasteiger partial charge is 0.186 e. The van der Waals surface area contributed by atoms with E-state index < -0.39 is 6.29 Å². The van der Waals surface area contributed by atoms with Crippen molar-refractivity contribution in [3.8, 4) is 18.1 Å². The summed E-state index contributed by atoms with van der Waals surface area (Å²) < 4.78 is 29.1. The monoisotopic (exact) mass is 432 g/mol. The molecule has 0 amide bonds. The lowest BCUT2D eigenvalue weighted by atomic mass is 10.0. The molecule has 0 saturated carbocycles. The van der Waals surface area contributed by atoms with Crippen LogP contribution >= 0.6 is 0 Å². The fraction of sp³-hybridized carbons (Fsp3) is 0.692. The Labute approximate surface area is 188 Å². The molecule has 0 unspecified atom stereocenters. The number of hydrogen-bond donors (Lipinski definition) is 0. The standard InChI is InChI=1S/C26H40O5/c1-5-7-8-9-10-11-12-13-14-23-24(25(29-19-6-2)26(28-4)31-23)30-20-21-15-17-22(27-3)18-16-21/h2,15-18,23-26H,5,7-14,19-20H2,1,3-4H3/t23-,24+,25-,26+/m1/s1. The minimum atomic E-state index is -0.465. The van der Waals surface area contributed by atoms with Gasteiger partial charge in [0.05, 0.1) is 19.8 Å². The van der Waals surface area contributed by atoms with Gasteiger partial charge in [-0.2, -0.15) is 0 Å². The van der Waals surface area contributed by atoms with E-state index in [-0.39, 0.29) is 24.9 Å². The molecule has 1 aliphatic heterocycles. The average molecular weight is 433 g/mol. The van der Waals surface area contributed by atoms with Crippen molar-refractivity contribution < 1.29 is 23.7 Å². The third kappa shape index (κ3) is 8.82. The topological polar surface area (TPSA) is 46.2 Å². The summed E-state index contributed by atoms with van der Waals surface area (Å²) in [7, 11) is 3.30. The van der Waals surface area contributed by atoms with E-state index in [1.807, 2.05) is 24.3 Å². The number of hydrogen-bond acceptors (Lipinski definition) is 5. The van der Waals surface area contributed by atoms with Crippen molar-refractivity contribution in [3.05, 3.63) is 29.8 Å². The zero-order valence-corrected chi connectivity index (χ0v) is 19.5. The molecule has 0 bridgehead atoms. The Morgan fingerprint density at radius 1 is 0.903 bits per heavy atom. The van der Waals surface area contributed by atoms with Gasteiger partial charge in [0.1, 0.15) is 24.6 Å². The van der Waals surface area contributed by atoms with Crippen LogP contribution in [0.3, 0.4) is 0 Å². The summed E-state index contributed by atoms with van der Waals surface area (Å²) in [5, 5.41) is 0. The SMILES string of the molecule is C#CCO[C@H]1[C@@H](OC)O[C@H](CCCCCCCCCC)[C@@H]1OCc1ccc(OC)cc1.